The maximum Gasteiger partial charge on any atom is 0.137 e. The van der Waals surface area contributed by atoms with Gasteiger partial charge in [-0.2, -0.15) is 0 Å². The highest BCUT2D eigenvalue weighted by molar-refractivity contribution is 5.83. The van der Waals surface area contributed by atoms with E-state index in [-0.39, 0.29) is 11.7 Å². The van der Waals surface area contributed by atoms with E-state index in [0.29, 0.717) is 5.92 Å². The predicted molar refractivity (Wildman–Crippen MR) is 63.9 cm³/mol. The van der Waals surface area contributed by atoms with E-state index in [9.17, 15) is 4.79 Å². The van der Waals surface area contributed by atoms with Gasteiger partial charge in [-0.05, 0) is 31.2 Å². The molecule has 1 aromatic rings. The SMILES string of the molecule is CC(=O)[C@H](CCC(C)C)c1ccccc1. The van der Waals surface area contributed by atoms with Crippen molar-refractivity contribution in [2.75, 3.05) is 0 Å². The zero-order chi connectivity index (χ0) is 11.3. The van der Waals surface area contributed by atoms with E-state index >= 15 is 0 Å². The first-order chi connectivity index (χ1) is 7.11. The Bertz CT molecular complexity index is 300. The molecule has 0 unspecified atom stereocenters. The van der Waals surface area contributed by atoms with Gasteiger partial charge in [-0.25, -0.2) is 0 Å². The molecular weight excluding hydrogens is 184 g/mol. The van der Waals surface area contributed by atoms with Crippen LogP contribution in [0.2, 0.25) is 0 Å². The van der Waals surface area contributed by atoms with Crippen molar-refractivity contribution in [3.8, 4) is 0 Å². The highest BCUT2D eigenvalue weighted by Crippen LogP contribution is 2.24. The first-order valence-electron chi connectivity index (χ1n) is 5.66. The standard InChI is InChI=1S/C14H20O/c1-11(2)9-10-14(12(3)15)13-7-5-4-6-8-13/h4-8,11,14H,9-10H2,1-3H3/t14-/m0/s1. The minimum atomic E-state index is 0.0913. The number of benzene rings is 1. The molecule has 0 saturated carbocycles. The lowest BCUT2D eigenvalue weighted by atomic mass is 9.89. The number of hydrogen-bond donors (Lipinski definition) is 0. The second-order valence-corrected chi connectivity index (χ2v) is 4.55. The number of carbonyl (C=O) groups is 1. The first-order valence-corrected chi connectivity index (χ1v) is 5.66. The van der Waals surface area contributed by atoms with Gasteiger partial charge in [-0.1, -0.05) is 44.2 Å². The largest absolute Gasteiger partial charge is 0.299 e. The molecule has 0 aliphatic rings. The molecule has 0 aromatic heterocycles. The second-order valence-electron chi connectivity index (χ2n) is 4.55. The lowest BCUT2D eigenvalue weighted by Gasteiger charge is -2.15. The van der Waals surface area contributed by atoms with Gasteiger partial charge in [0.2, 0.25) is 0 Å². The Labute approximate surface area is 92.5 Å². The first kappa shape index (κ1) is 12.0. The number of rotatable bonds is 5. The maximum absolute atomic E-state index is 11.6. The summed E-state index contributed by atoms with van der Waals surface area (Å²) in [6.07, 6.45) is 2.08. The molecule has 0 radical (unpaired) electrons. The van der Waals surface area contributed by atoms with E-state index < -0.39 is 0 Å². The Morgan fingerprint density at radius 3 is 2.20 bits per heavy atom. The minimum Gasteiger partial charge on any atom is -0.299 e. The normalized spacial score (nSPS) is 12.8. The molecule has 0 bridgehead atoms. The van der Waals surface area contributed by atoms with Crippen molar-refractivity contribution < 1.29 is 4.79 Å². The maximum atomic E-state index is 11.6. The molecule has 0 amide bonds. The van der Waals surface area contributed by atoms with Crippen LogP contribution in [0.15, 0.2) is 30.3 Å². The number of carbonyl (C=O) groups excluding carboxylic acids is 1. The summed E-state index contributed by atoms with van der Waals surface area (Å²) in [5.41, 5.74) is 1.16. The van der Waals surface area contributed by atoms with E-state index in [4.69, 9.17) is 0 Å². The summed E-state index contributed by atoms with van der Waals surface area (Å²) in [6, 6.07) is 10.1. The van der Waals surface area contributed by atoms with Crippen molar-refractivity contribution >= 4 is 5.78 Å². The molecular formula is C14H20O. The Morgan fingerprint density at radius 2 is 1.73 bits per heavy atom. The molecule has 0 spiro atoms. The van der Waals surface area contributed by atoms with E-state index in [1.54, 1.807) is 6.92 Å². The Morgan fingerprint density at radius 1 is 1.13 bits per heavy atom. The van der Waals surface area contributed by atoms with Gasteiger partial charge in [-0.3, -0.25) is 4.79 Å². The van der Waals surface area contributed by atoms with Crippen molar-refractivity contribution in [3.05, 3.63) is 35.9 Å². The van der Waals surface area contributed by atoms with Crippen LogP contribution in [-0.2, 0) is 4.79 Å². The van der Waals surface area contributed by atoms with Crippen molar-refractivity contribution in [1.82, 2.24) is 0 Å². The van der Waals surface area contributed by atoms with Crippen LogP contribution >= 0.6 is 0 Å². The Hall–Kier alpha value is -1.11. The van der Waals surface area contributed by atoms with Gasteiger partial charge in [-0.15, -0.1) is 0 Å². The van der Waals surface area contributed by atoms with Gasteiger partial charge in [0.05, 0.1) is 0 Å². The van der Waals surface area contributed by atoms with E-state index in [1.165, 1.54) is 0 Å². The summed E-state index contributed by atoms with van der Waals surface area (Å²) >= 11 is 0. The van der Waals surface area contributed by atoms with Crippen LogP contribution in [0.5, 0.6) is 0 Å². The topological polar surface area (TPSA) is 17.1 Å². The van der Waals surface area contributed by atoms with E-state index in [1.807, 2.05) is 30.3 Å². The van der Waals surface area contributed by atoms with Gasteiger partial charge in [0.1, 0.15) is 5.78 Å². The number of hydrogen-bond acceptors (Lipinski definition) is 1. The highest BCUT2D eigenvalue weighted by Gasteiger charge is 2.16. The van der Waals surface area contributed by atoms with Gasteiger partial charge >= 0.3 is 0 Å². The van der Waals surface area contributed by atoms with Crippen LogP contribution in [0.4, 0.5) is 0 Å². The molecule has 1 heteroatoms. The van der Waals surface area contributed by atoms with E-state index in [0.717, 1.165) is 18.4 Å². The van der Waals surface area contributed by atoms with Crippen LogP contribution in [0.1, 0.15) is 45.1 Å². The van der Waals surface area contributed by atoms with Crippen molar-refractivity contribution in [2.24, 2.45) is 5.92 Å². The van der Waals surface area contributed by atoms with Crippen LogP contribution < -0.4 is 0 Å². The fourth-order valence-corrected chi connectivity index (χ4v) is 1.79. The number of ketones is 1. The van der Waals surface area contributed by atoms with Gasteiger partial charge in [0, 0.05) is 5.92 Å². The smallest absolute Gasteiger partial charge is 0.137 e. The molecule has 0 saturated heterocycles. The van der Waals surface area contributed by atoms with Crippen LogP contribution in [0.25, 0.3) is 0 Å². The Kier molecular flexibility index (Phi) is 4.54. The highest BCUT2D eigenvalue weighted by atomic mass is 16.1. The third-order valence-electron chi connectivity index (χ3n) is 2.73. The molecule has 82 valence electrons. The van der Waals surface area contributed by atoms with Crippen molar-refractivity contribution in [2.45, 2.75) is 39.5 Å². The molecule has 1 rings (SSSR count). The lowest BCUT2D eigenvalue weighted by Crippen LogP contribution is -2.09. The summed E-state index contributed by atoms with van der Waals surface area (Å²) in [7, 11) is 0. The number of Topliss-reactive ketones (excluding diaryl/α,β-unsaturated/α-hetero) is 1. The summed E-state index contributed by atoms with van der Waals surface area (Å²) in [4.78, 5) is 11.6. The summed E-state index contributed by atoms with van der Waals surface area (Å²) < 4.78 is 0. The lowest BCUT2D eigenvalue weighted by molar-refractivity contribution is -0.118. The average Bonchev–Trinajstić information content (AvgIpc) is 2.18. The summed E-state index contributed by atoms with van der Waals surface area (Å²) in [5, 5.41) is 0. The predicted octanol–water partition coefficient (Wildman–Crippen LogP) is 3.80. The van der Waals surface area contributed by atoms with Gasteiger partial charge in [0.25, 0.3) is 0 Å². The zero-order valence-electron chi connectivity index (χ0n) is 9.86. The van der Waals surface area contributed by atoms with Gasteiger partial charge in [0.15, 0.2) is 0 Å². The van der Waals surface area contributed by atoms with Crippen molar-refractivity contribution in [3.63, 3.8) is 0 Å². The zero-order valence-corrected chi connectivity index (χ0v) is 9.86. The van der Waals surface area contributed by atoms with Crippen LogP contribution in [-0.4, -0.2) is 5.78 Å². The molecule has 0 aliphatic carbocycles. The molecule has 0 N–H and O–H groups in total. The molecule has 0 heterocycles. The fraction of sp³-hybridized carbons (Fsp3) is 0.500. The summed E-state index contributed by atoms with van der Waals surface area (Å²) in [5.74, 6) is 1.03. The Balaban J connectivity index is 2.71. The minimum absolute atomic E-state index is 0.0913. The fourth-order valence-electron chi connectivity index (χ4n) is 1.79. The monoisotopic (exact) mass is 204 g/mol. The molecule has 15 heavy (non-hydrogen) atoms. The quantitative estimate of drug-likeness (QED) is 0.713. The van der Waals surface area contributed by atoms with Crippen LogP contribution in [0, 0.1) is 5.92 Å². The summed E-state index contributed by atoms with van der Waals surface area (Å²) in [6.45, 7) is 6.09. The second kappa shape index (κ2) is 5.69. The molecule has 0 fully saturated rings. The van der Waals surface area contributed by atoms with Gasteiger partial charge < -0.3 is 0 Å². The molecule has 1 nitrogen and oxygen atoms in total. The van der Waals surface area contributed by atoms with Crippen molar-refractivity contribution in [1.29, 1.82) is 0 Å². The molecule has 0 aliphatic heterocycles. The average molecular weight is 204 g/mol. The van der Waals surface area contributed by atoms with E-state index in [2.05, 4.69) is 13.8 Å². The third kappa shape index (κ3) is 3.86. The molecule has 1 atom stereocenters. The van der Waals surface area contributed by atoms with Crippen LogP contribution in [0.3, 0.4) is 0 Å². The molecule has 1 aromatic carbocycles. The third-order valence-corrected chi connectivity index (χ3v) is 2.73.